The lowest BCUT2D eigenvalue weighted by Gasteiger charge is -2.07. The van der Waals surface area contributed by atoms with Crippen LogP contribution in [0.5, 0.6) is 5.75 Å². The van der Waals surface area contributed by atoms with E-state index >= 15 is 0 Å². The van der Waals surface area contributed by atoms with E-state index in [0.29, 0.717) is 6.29 Å². The molecule has 0 saturated carbocycles. The highest BCUT2D eigenvalue weighted by Gasteiger charge is 2.19. The van der Waals surface area contributed by atoms with Crippen LogP contribution in [0.2, 0.25) is 0 Å². The maximum Gasteiger partial charge on any atom is 0.271 e. The minimum atomic E-state index is -0.899. The van der Waals surface area contributed by atoms with E-state index in [2.05, 4.69) is 0 Å². The average Bonchev–Trinajstić information content (AvgIpc) is 2.26. The van der Waals surface area contributed by atoms with Crippen molar-refractivity contribution in [1.29, 1.82) is 0 Å². The first-order chi connectivity index (χ1) is 7.51. The molecule has 0 aliphatic heterocycles. The van der Waals surface area contributed by atoms with Crippen molar-refractivity contribution in [3.05, 3.63) is 33.4 Å². The first-order valence-electron chi connectivity index (χ1n) is 4.12. The number of nitrogens with two attached hydrogens (primary N) is 1. The molecule has 0 aromatic heterocycles. The summed E-state index contributed by atoms with van der Waals surface area (Å²) in [5.74, 6) is -0.961. The Morgan fingerprint density at radius 3 is 2.56 bits per heavy atom. The molecule has 0 unspecified atom stereocenters. The van der Waals surface area contributed by atoms with Crippen molar-refractivity contribution < 1.29 is 19.2 Å². The number of nitro groups is 1. The quantitative estimate of drug-likeness (QED) is 0.455. The van der Waals surface area contributed by atoms with E-state index in [-0.39, 0.29) is 16.9 Å². The zero-order valence-corrected chi connectivity index (χ0v) is 8.30. The van der Waals surface area contributed by atoms with Crippen LogP contribution in [0.25, 0.3) is 0 Å². The van der Waals surface area contributed by atoms with Crippen molar-refractivity contribution in [1.82, 2.24) is 0 Å². The van der Waals surface area contributed by atoms with Crippen LogP contribution < -0.4 is 10.5 Å². The van der Waals surface area contributed by atoms with E-state index in [9.17, 15) is 19.7 Å². The van der Waals surface area contributed by atoms with E-state index in [1.165, 1.54) is 7.11 Å². The number of primary amides is 1. The van der Waals surface area contributed by atoms with Gasteiger partial charge in [-0.1, -0.05) is 0 Å². The Balaban J connectivity index is 3.55. The van der Waals surface area contributed by atoms with Gasteiger partial charge in [-0.05, 0) is 0 Å². The smallest absolute Gasteiger partial charge is 0.271 e. The Bertz CT molecular complexity index is 469. The van der Waals surface area contributed by atoms with Crippen molar-refractivity contribution in [2.45, 2.75) is 0 Å². The summed E-state index contributed by atoms with van der Waals surface area (Å²) in [6.45, 7) is 0. The highest BCUT2D eigenvalue weighted by molar-refractivity contribution is 5.99. The molecule has 0 spiro atoms. The molecule has 7 nitrogen and oxygen atoms in total. The van der Waals surface area contributed by atoms with Gasteiger partial charge in [0.25, 0.3) is 11.6 Å². The summed E-state index contributed by atoms with van der Waals surface area (Å²) in [5, 5.41) is 10.5. The first-order valence-corrected chi connectivity index (χ1v) is 4.12. The number of methoxy groups -OCH3 is 1. The highest BCUT2D eigenvalue weighted by atomic mass is 16.6. The molecule has 1 rings (SSSR count). The first kappa shape index (κ1) is 11.6. The maximum absolute atomic E-state index is 11.0. The molecule has 1 amide bonds. The Hall–Kier alpha value is -2.44. The van der Waals surface area contributed by atoms with Gasteiger partial charge in [-0.2, -0.15) is 0 Å². The predicted octanol–water partition coefficient (Wildman–Crippen LogP) is 0.515. The summed E-state index contributed by atoms with van der Waals surface area (Å²) in [6.07, 6.45) is 0.359. The van der Waals surface area contributed by atoms with Gasteiger partial charge in [0.15, 0.2) is 6.29 Å². The molecule has 84 valence electrons. The SMILES string of the molecule is COc1c(C=O)cc([N+](=O)[O-])cc1C(N)=O. The topological polar surface area (TPSA) is 113 Å². The van der Waals surface area contributed by atoms with Gasteiger partial charge in [0.2, 0.25) is 0 Å². The van der Waals surface area contributed by atoms with Gasteiger partial charge in [-0.25, -0.2) is 0 Å². The molecule has 0 atom stereocenters. The largest absolute Gasteiger partial charge is 0.495 e. The van der Waals surface area contributed by atoms with Crippen molar-refractivity contribution in [3.63, 3.8) is 0 Å². The maximum atomic E-state index is 11.0. The van der Waals surface area contributed by atoms with Gasteiger partial charge < -0.3 is 10.5 Å². The van der Waals surface area contributed by atoms with Crippen LogP contribution in [0.1, 0.15) is 20.7 Å². The molecule has 0 aliphatic carbocycles. The van der Waals surface area contributed by atoms with Crippen LogP contribution in [0.4, 0.5) is 5.69 Å². The molecule has 0 fully saturated rings. The molecule has 16 heavy (non-hydrogen) atoms. The minimum Gasteiger partial charge on any atom is -0.495 e. The van der Waals surface area contributed by atoms with Crippen molar-refractivity contribution in [3.8, 4) is 5.75 Å². The Labute approximate surface area is 90.0 Å². The van der Waals surface area contributed by atoms with Gasteiger partial charge in [0.05, 0.1) is 23.2 Å². The molecule has 1 aromatic carbocycles. The fourth-order valence-electron chi connectivity index (χ4n) is 1.24. The average molecular weight is 224 g/mol. The summed E-state index contributed by atoms with van der Waals surface area (Å²) < 4.78 is 4.81. The lowest BCUT2D eigenvalue weighted by atomic mass is 10.1. The molecule has 1 aromatic rings. The van der Waals surface area contributed by atoms with E-state index < -0.39 is 16.5 Å². The Morgan fingerprint density at radius 2 is 2.19 bits per heavy atom. The van der Waals surface area contributed by atoms with Crippen LogP contribution in [-0.2, 0) is 0 Å². The number of carbonyl (C=O) groups excluding carboxylic acids is 2. The molecular formula is C9H8N2O5. The number of nitrogens with zero attached hydrogens (tertiary/aromatic N) is 1. The second-order valence-corrected chi connectivity index (χ2v) is 2.86. The Kier molecular flexibility index (Phi) is 3.19. The fraction of sp³-hybridized carbons (Fsp3) is 0.111. The predicted molar refractivity (Wildman–Crippen MR) is 53.6 cm³/mol. The summed E-state index contributed by atoms with van der Waals surface area (Å²) in [5.41, 5.74) is 4.35. The van der Waals surface area contributed by atoms with Crippen LogP contribution in [0.3, 0.4) is 0 Å². The van der Waals surface area contributed by atoms with Crippen LogP contribution >= 0.6 is 0 Å². The third kappa shape index (κ3) is 1.97. The summed E-state index contributed by atoms with van der Waals surface area (Å²) in [7, 11) is 1.24. The van der Waals surface area contributed by atoms with Gasteiger partial charge in [-0.15, -0.1) is 0 Å². The van der Waals surface area contributed by atoms with Crippen molar-refractivity contribution >= 4 is 17.9 Å². The molecule has 0 aliphatic rings. The van der Waals surface area contributed by atoms with Crippen molar-refractivity contribution in [2.24, 2.45) is 5.73 Å². The third-order valence-corrected chi connectivity index (χ3v) is 1.91. The van der Waals surface area contributed by atoms with Crippen molar-refractivity contribution in [2.75, 3.05) is 7.11 Å². The summed E-state index contributed by atoms with van der Waals surface area (Å²) in [4.78, 5) is 31.5. The van der Waals surface area contributed by atoms with Crippen LogP contribution in [0, 0.1) is 10.1 Å². The monoisotopic (exact) mass is 224 g/mol. The van der Waals surface area contributed by atoms with Gasteiger partial charge >= 0.3 is 0 Å². The van der Waals surface area contributed by atoms with Gasteiger partial charge in [-0.3, -0.25) is 19.7 Å². The lowest BCUT2D eigenvalue weighted by Crippen LogP contribution is -2.14. The fourth-order valence-corrected chi connectivity index (χ4v) is 1.24. The molecule has 0 radical (unpaired) electrons. The lowest BCUT2D eigenvalue weighted by molar-refractivity contribution is -0.384. The number of carbonyl (C=O) groups is 2. The number of hydrogen-bond acceptors (Lipinski definition) is 5. The molecule has 2 N–H and O–H groups in total. The number of nitro benzene ring substituents is 1. The molecule has 0 saturated heterocycles. The summed E-state index contributed by atoms with van der Waals surface area (Å²) in [6, 6.07) is 1.98. The summed E-state index contributed by atoms with van der Waals surface area (Å²) >= 11 is 0. The van der Waals surface area contributed by atoms with E-state index in [1.807, 2.05) is 0 Å². The van der Waals surface area contributed by atoms with E-state index in [0.717, 1.165) is 12.1 Å². The number of benzene rings is 1. The molecule has 0 bridgehead atoms. The number of aldehydes is 1. The normalized spacial score (nSPS) is 9.56. The number of hydrogen-bond donors (Lipinski definition) is 1. The molecular weight excluding hydrogens is 216 g/mol. The van der Waals surface area contributed by atoms with E-state index in [4.69, 9.17) is 10.5 Å². The van der Waals surface area contributed by atoms with Gasteiger partial charge in [0.1, 0.15) is 5.75 Å². The molecule has 7 heteroatoms. The standard InChI is InChI=1S/C9H8N2O5/c1-16-8-5(4-12)2-6(11(14)15)3-7(8)9(10)13/h2-4H,1H3,(H2,10,13). The zero-order chi connectivity index (χ0) is 12.3. The zero-order valence-electron chi connectivity index (χ0n) is 8.30. The second-order valence-electron chi connectivity index (χ2n) is 2.86. The Morgan fingerprint density at radius 1 is 1.56 bits per heavy atom. The third-order valence-electron chi connectivity index (χ3n) is 1.91. The number of rotatable bonds is 4. The minimum absolute atomic E-state index is 0.0619. The van der Waals surface area contributed by atoms with Crippen LogP contribution in [0.15, 0.2) is 12.1 Å². The second kappa shape index (κ2) is 4.39. The van der Waals surface area contributed by atoms with Gasteiger partial charge in [0, 0.05) is 12.1 Å². The van der Waals surface area contributed by atoms with Crippen LogP contribution in [-0.4, -0.2) is 24.2 Å². The molecule has 0 heterocycles. The van der Waals surface area contributed by atoms with E-state index in [1.54, 1.807) is 0 Å². The number of ether oxygens (including phenoxy) is 1. The number of amides is 1. The number of non-ortho nitro benzene ring substituents is 1. The highest BCUT2D eigenvalue weighted by Crippen LogP contribution is 2.27.